The number of carbonyl (C=O) groups excluding carboxylic acids is 1. The molecule has 2 heterocycles. The van der Waals surface area contributed by atoms with Crippen molar-refractivity contribution in [1.82, 2.24) is 14.8 Å². The molecule has 134 valence electrons. The number of halogens is 2. The molecule has 0 bridgehead atoms. The molecule has 2 aromatic heterocycles. The predicted octanol–water partition coefficient (Wildman–Crippen LogP) is 4.75. The lowest BCUT2D eigenvalue weighted by Gasteiger charge is -2.12. The van der Waals surface area contributed by atoms with Gasteiger partial charge in [-0.25, -0.2) is 9.75 Å². The standard InChI is InChI=1S/C18H15Cl2N3O2S/c1-9-6-10-7-12-15(18(24)22(2)25-3)21-23(16(12)17(10)26-9)14-5-4-11(19)8-13(14)20/h4-6,8H,7H2,1-3H3. The number of amides is 1. The molecule has 0 saturated carbocycles. The van der Waals surface area contributed by atoms with Crippen LogP contribution >= 0.6 is 34.5 Å². The number of hydroxylamine groups is 2. The van der Waals surface area contributed by atoms with Gasteiger partial charge < -0.3 is 0 Å². The Morgan fingerprint density at radius 3 is 2.81 bits per heavy atom. The summed E-state index contributed by atoms with van der Waals surface area (Å²) >= 11 is 14.1. The Labute approximate surface area is 164 Å². The number of thiophene rings is 1. The maximum absolute atomic E-state index is 12.7. The highest BCUT2D eigenvalue weighted by Gasteiger charge is 2.34. The minimum Gasteiger partial charge on any atom is -0.274 e. The SMILES string of the molecule is CON(C)C(=O)c1nn(-c2ccc(Cl)cc2Cl)c2c1Cc1cc(C)sc1-2. The minimum atomic E-state index is -0.292. The van der Waals surface area contributed by atoms with E-state index in [9.17, 15) is 4.79 Å². The molecule has 8 heteroatoms. The highest BCUT2D eigenvalue weighted by Crippen LogP contribution is 2.45. The molecule has 0 N–H and O–H groups in total. The number of carbonyl (C=O) groups is 1. The molecule has 0 fully saturated rings. The second kappa shape index (κ2) is 6.39. The molecule has 0 atom stereocenters. The molecule has 26 heavy (non-hydrogen) atoms. The van der Waals surface area contributed by atoms with Crippen molar-refractivity contribution < 1.29 is 9.63 Å². The van der Waals surface area contributed by atoms with Gasteiger partial charge in [-0.15, -0.1) is 11.3 Å². The number of nitrogens with zero attached hydrogens (tertiary/aromatic N) is 3. The van der Waals surface area contributed by atoms with Gasteiger partial charge in [-0.1, -0.05) is 23.2 Å². The summed E-state index contributed by atoms with van der Waals surface area (Å²) in [6, 6.07) is 7.40. The van der Waals surface area contributed by atoms with E-state index in [4.69, 9.17) is 28.0 Å². The van der Waals surface area contributed by atoms with Gasteiger partial charge in [0.15, 0.2) is 5.69 Å². The van der Waals surface area contributed by atoms with E-state index < -0.39 is 0 Å². The second-order valence-electron chi connectivity index (χ2n) is 6.06. The van der Waals surface area contributed by atoms with Crippen LogP contribution < -0.4 is 0 Å². The van der Waals surface area contributed by atoms with Crippen LogP contribution in [0.4, 0.5) is 0 Å². The van der Waals surface area contributed by atoms with Crippen LogP contribution in [0, 0.1) is 6.92 Å². The van der Waals surface area contributed by atoms with Crippen molar-refractivity contribution in [2.24, 2.45) is 0 Å². The quantitative estimate of drug-likeness (QED) is 0.460. The summed E-state index contributed by atoms with van der Waals surface area (Å²) in [6.07, 6.45) is 0.666. The Kier molecular flexibility index (Phi) is 4.31. The Morgan fingerprint density at radius 2 is 2.12 bits per heavy atom. The summed E-state index contributed by atoms with van der Waals surface area (Å²) in [6.45, 7) is 2.07. The van der Waals surface area contributed by atoms with Gasteiger partial charge in [0.1, 0.15) is 0 Å². The van der Waals surface area contributed by atoms with E-state index in [-0.39, 0.29) is 5.91 Å². The fourth-order valence-corrected chi connectivity index (χ4v) is 4.75. The zero-order valence-corrected chi connectivity index (χ0v) is 16.7. The summed E-state index contributed by atoms with van der Waals surface area (Å²) in [4.78, 5) is 20.1. The third-order valence-corrected chi connectivity index (χ3v) is 6.04. The first-order valence-corrected chi connectivity index (χ1v) is 9.47. The van der Waals surface area contributed by atoms with Crippen molar-refractivity contribution in [3.63, 3.8) is 0 Å². The number of hydrogen-bond acceptors (Lipinski definition) is 4. The molecule has 5 nitrogen and oxygen atoms in total. The maximum atomic E-state index is 12.7. The molecule has 1 amide bonds. The van der Waals surface area contributed by atoms with E-state index in [1.54, 1.807) is 35.2 Å². The topological polar surface area (TPSA) is 47.4 Å². The number of aromatic nitrogens is 2. The van der Waals surface area contributed by atoms with Crippen molar-refractivity contribution in [3.8, 4) is 16.3 Å². The highest BCUT2D eigenvalue weighted by atomic mass is 35.5. The molecule has 3 aromatic rings. The van der Waals surface area contributed by atoms with E-state index in [2.05, 4.69) is 18.1 Å². The van der Waals surface area contributed by atoms with Crippen LogP contribution in [0.3, 0.4) is 0 Å². The summed E-state index contributed by atoms with van der Waals surface area (Å²) in [5.41, 5.74) is 4.07. The van der Waals surface area contributed by atoms with Crippen molar-refractivity contribution in [2.45, 2.75) is 13.3 Å². The molecule has 0 unspecified atom stereocenters. The van der Waals surface area contributed by atoms with Crippen molar-refractivity contribution in [1.29, 1.82) is 0 Å². The molecular formula is C18H15Cl2N3O2S. The average Bonchev–Trinajstić information content (AvgIpc) is 3.22. The third-order valence-electron chi connectivity index (χ3n) is 4.40. The van der Waals surface area contributed by atoms with Gasteiger partial charge in [0.25, 0.3) is 5.91 Å². The van der Waals surface area contributed by atoms with Crippen LogP contribution in [-0.4, -0.2) is 34.9 Å². The van der Waals surface area contributed by atoms with E-state index in [1.165, 1.54) is 22.6 Å². The van der Waals surface area contributed by atoms with Gasteiger partial charge in [0, 0.05) is 28.9 Å². The fourth-order valence-electron chi connectivity index (χ4n) is 3.17. The van der Waals surface area contributed by atoms with E-state index in [0.29, 0.717) is 27.8 Å². The van der Waals surface area contributed by atoms with Gasteiger partial charge in [0.05, 0.1) is 28.4 Å². The van der Waals surface area contributed by atoms with E-state index in [1.807, 2.05) is 6.07 Å². The monoisotopic (exact) mass is 407 g/mol. The lowest BCUT2D eigenvalue weighted by molar-refractivity contribution is -0.0761. The van der Waals surface area contributed by atoms with E-state index >= 15 is 0 Å². The molecule has 0 spiro atoms. The number of aryl methyl sites for hydroxylation is 1. The Balaban J connectivity index is 1.96. The van der Waals surface area contributed by atoms with Gasteiger partial charge in [-0.3, -0.25) is 9.63 Å². The summed E-state index contributed by atoms with van der Waals surface area (Å²) in [7, 11) is 3.02. The molecule has 1 aromatic carbocycles. The Bertz CT molecular complexity index is 1040. The zero-order chi connectivity index (χ0) is 18.6. The van der Waals surface area contributed by atoms with Crippen LogP contribution in [-0.2, 0) is 11.3 Å². The van der Waals surface area contributed by atoms with Gasteiger partial charge in [-0.2, -0.15) is 5.10 Å². The fraction of sp³-hybridized carbons (Fsp3) is 0.222. The summed E-state index contributed by atoms with van der Waals surface area (Å²) < 4.78 is 1.74. The van der Waals surface area contributed by atoms with Gasteiger partial charge >= 0.3 is 0 Å². The lowest BCUT2D eigenvalue weighted by atomic mass is 10.1. The number of benzene rings is 1. The van der Waals surface area contributed by atoms with Crippen LogP contribution in [0.15, 0.2) is 24.3 Å². The van der Waals surface area contributed by atoms with Crippen LogP contribution in [0.5, 0.6) is 0 Å². The normalized spacial score (nSPS) is 12.2. The smallest absolute Gasteiger partial charge is 0.274 e. The molecule has 0 aliphatic heterocycles. The highest BCUT2D eigenvalue weighted by molar-refractivity contribution is 7.15. The van der Waals surface area contributed by atoms with Crippen LogP contribution in [0.25, 0.3) is 16.3 Å². The summed E-state index contributed by atoms with van der Waals surface area (Å²) in [5, 5.41) is 6.79. The summed E-state index contributed by atoms with van der Waals surface area (Å²) in [5.74, 6) is -0.292. The first kappa shape index (κ1) is 17.5. The van der Waals surface area contributed by atoms with Gasteiger partial charge in [0.2, 0.25) is 0 Å². The van der Waals surface area contributed by atoms with Crippen molar-refractivity contribution in [2.75, 3.05) is 14.2 Å². The maximum Gasteiger partial charge on any atom is 0.297 e. The number of fused-ring (bicyclic) bond motifs is 3. The Morgan fingerprint density at radius 1 is 1.35 bits per heavy atom. The number of hydrogen-bond donors (Lipinski definition) is 0. The Hall–Kier alpha value is -1.86. The predicted molar refractivity (Wildman–Crippen MR) is 104 cm³/mol. The first-order chi connectivity index (χ1) is 12.4. The van der Waals surface area contributed by atoms with Crippen LogP contribution in [0.1, 0.15) is 26.5 Å². The largest absolute Gasteiger partial charge is 0.297 e. The number of rotatable bonds is 3. The molecule has 4 rings (SSSR count). The zero-order valence-electron chi connectivity index (χ0n) is 14.3. The second-order valence-corrected chi connectivity index (χ2v) is 8.16. The molecule has 1 aliphatic rings. The van der Waals surface area contributed by atoms with Crippen molar-refractivity contribution >= 4 is 40.4 Å². The molecule has 1 aliphatic carbocycles. The third kappa shape index (κ3) is 2.65. The van der Waals surface area contributed by atoms with Crippen molar-refractivity contribution in [3.05, 3.63) is 56.0 Å². The van der Waals surface area contributed by atoms with Crippen LogP contribution in [0.2, 0.25) is 10.0 Å². The average molecular weight is 408 g/mol. The molecule has 0 radical (unpaired) electrons. The van der Waals surface area contributed by atoms with E-state index in [0.717, 1.165) is 16.1 Å². The molecule has 0 saturated heterocycles. The van der Waals surface area contributed by atoms with Gasteiger partial charge in [-0.05, 0) is 36.8 Å². The lowest BCUT2D eigenvalue weighted by Crippen LogP contribution is -2.26. The first-order valence-electron chi connectivity index (χ1n) is 7.90. The molecular weight excluding hydrogens is 393 g/mol. The minimum absolute atomic E-state index is 0.292.